The Morgan fingerprint density at radius 3 is 2.60 bits per heavy atom. The molecule has 0 N–H and O–H groups in total. The second-order valence-electron chi connectivity index (χ2n) is 3.46. The number of ether oxygens (including phenoxy) is 3. The molecule has 2 unspecified atom stereocenters. The van der Waals surface area contributed by atoms with Crippen LogP contribution in [0.3, 0.4) is 0 Å². The van der Waals surface area contributed by atoms with Gasteiger partial charge in [0, 0.05) is 6.42 Å². The van der Waals surface area contributed by atoms with Gasteiger partial charge in [0.15, 0.2) is 6.10 Å². The molecule has 0 aromatic heterocycles. The third kappa shape index (κ3) is 3.51. The smallest absolute Gasteiger partial charge is 0.334 e. The maximum absolute atomic E-state index is 11.1. The molecule has 0 amide bonds. The Balaban J connectivity index is 2.24. The fourth-order valence-corrected chi connectivity index (χ4v) is 1.60. The molecule has 1 heterocycles. The fourth-order valence-electron chi connectivity index (χ4n) is 1.60. The Kier molecular flexibility index (Phi) is 4.55. The Morgan fingerprint density at radius 2 is 2.00 bits per heavy atom. The number of carbonyl (C=O) groups is 2. The van der Waals surface area contributed by atoms with Crippen LogP contribution in [0.15, 0.2) is 0 Å². The lowest BCUT2D eigenvalue weighted by Gasteiger charge is -2.11. The molecule has 1 aliphatic heterocycles. The molecule has 0 aromatic carbocycles. The molecule has 1 aliphatic rings. The molecule has 0 saturated carbocycles. The van der Waals surface area contributed by atoms with Gasteiger partial charge in [0.25, 0.3) is 0 Å². The number of methoxy groups -OCH3 is 2. The molecule has 86 valence electrons. The average Bonchev–Trinajstić information content (AvgIpc) is 2.73. The van der Waals surface area contributed by atoms with Gasteiger partial charge in [-0.25, -0.2) is 4.79 Å². The van der Waals surface area contributed by atoms with E-state index in [-0.39, 0.29) is 18.0 Å². The van der Waals surface area contributed by atoms with Crippen molar-refractivity contribution >= 4 is 11.9 Å². The normalized spacial score (nSPS) is 24.9. The molecule has 0 aromatic rings. The minimum absolute atomic E-state index is 0.0341. The first kappa shape index (κ1) is 12.0. The van der Waals surface area contributed by atoms with Gasteiger partial charge in [0.05, 0.1) is 20.3 Å². The summed E-state index contributed by atoms with van der Waals surface area (Å²) in [6.07, 6.45) is 1.88. The first-order valence-electron chi connectivity index (χ1n) is 4.97. The van der Waals surface area contributed by atoms with Crippen molar-refractivity contribution in [1.29, 1.82) is 0 Å². The minimum atomic E-state index is -0.461. The zero-order valence-corrected chi connectivity index (χ0v) is 9.02. The summed E-state index contributed by atoms with van der Waals surface area (Å²) in [6.45, 7) is 0. The number of esters is 2. The number of rotatable bonds is 4. The van der Waals surface area contributed by atoms with Crippen molar-refractivity contribution in [3.63, 3.8) is 0 Å². The van der Waals surface area contributed by atoms with Crippen molar-refractivity contribution in [1.82, 2.24) is 0 Å². The Bertz CT molecular complexity index is 238. The lowest BCUT2D eigenvalue weighted by atomic mass is 10.1. The fraction of sp³-hybridized carbons (Fsp3) is 0.800. The van der Waals surface area contributed by atoms with E-state index in [0.717, 1.165) is 6.42 Å². The highest BCUT2D eigenvalue weighted by molar-refractivity contribution is 5.74. The second-order valence-corrected chi connectivity index (χ2v) is 3.46. The third-order valence-corrected chi connectivity index (χ3v) is 2.47. The van der Waals surface area contributed by atoms with Crippen LogP contribution in [0.25, 0.3) is 0 Å². The maximum Gasteiger partial charge on any atom is 0.334 e. The summed E-state index contributed by atoms with van der Waals surface area (Å²) < 4.78 is 14.5. The summed E-state index contributed by atoms with van der Waals surface area (Å²) in [6, 6.07) is 0. The quantitative estimate of drug-likeness (QED) is 0.646. The van der Waals surface area contributed by atoms with Crippen molar-refractivity contribution in [2.45, 2.75) is 37.9 Å². The Hall–Kier alpha value is -1.10. The summed E-state index contributed by atoms with van der Waals surface area (Å²) in [7, 11) is 2.70. The molecule has 5 heteroatoms. The van der Waals surface area contributed by atoms with Crippen LogP contribution in [0, 0.1) is 0 Å². The van der Waals surface area contributed by atoms with Gasteiger partial charge >= 0.3 is 11.9 Å². The topological polar surface area (TPSA) is 61.8 Å². The van der Waals surface area contributed by atoms with E-state index in [4.69, 9.17) is 4.74 Å². The predicted octanol–water partition coefficient (Wildman–Crippen LogP) is 0.660. The molecule has 0 radical (unpaired) electrons. The van der Waals surface area contributed by atoms with E-state index in [1.165, 1.54) is 14.2 Å². The van der Waals surface area contributed by atoms with Crippen molar-refractivity contribution < 1.29 is 23.8 Å². The lowest BCUT2D eigenvalue weighted by molar-refractivity contribution is -0.153. The van der Waals surface area contributed by atoms with E-state index in [2.05, 4.69) is 9.47 Å². The van der Waals surface area contributed by atoms with Gasteiger partial charge < -0.3 is 14.2 Å². The molecule has 0 spiro atoms. The Labute approximate surface area is 88.7 Å². The molecule has 1 rings (SSSR count). The van der Waals surface area contributed by atoms with Gasteiger partial charge in [-0.05, 0) is 19.3 Å². The van der Waals surface area contributed by atoms with Crippen LogP contribution in [0.2, 0.25) is 0 Å². The van der Waals surface area contributed by atoms with Gasteiger partial charge in [-0.1, -0.05) is 0 Å². The molecule has 1 fully saturated rings. The van der Waals surface area contributed by atoms with E-state index in [1.807, 2.05) is 0 Å². The molecule has 0 bridgehead atoms. The molecule has 0 aliphatic carbocycles. The van der Waals surface area contributed by atoms with Crippen molar-refractivity contribution in [3.05, 3.63) is 0 Å². The van der Waals surface area contributed by atoms with Gasteiger partial charge in [0.1, 0.15) is 0 Å². The van der Waals surface area contributed by atoms with E-state index in [9.17, 15) is 9.59 Å². The molecular weight excluding hydrogens is 200 g/mol. The molecule has 5 nitrogen and oxygen atoms in total. The number of hydrogen-bond donors (Lipinski definition) is 0. The standard InChI is InChI=1S/C10H16O5/c1-13-9(11)6-4-7-3-5-8(15-7)10(12)14-2/h7-8H,3-6H2,1-2H3. The predicted molar refractivity (Wildman–Crippen MR) is 51.2 cm³/mol. The first-order chi connectivity index (χ1) is 7.17. The highest BCUT2D eigenvalue weighted by Gasteiger charge is 2.31. The van der Waals surface area contributed by atoms with E-state index < -0.39 is 6.10 Å². The number of carbonyl (C=O) groups excluding carboxylic acids is 2. The first-order valence-corrected chi connectivity index (χ1v) is 4.97. The average molecular weight is 216 g/mol. The van der Waals surface area contributed by atoms with Gasteiger partial charge in [-0.3, -0.25) is 4.79 Å². The summed E-state index contributed by atoms with van der Waals surface area (Å²) in [4.78, 5) is 22.0. The van der Waals surface area contributed by atoms with Crippen LogP contribution in [0.1, 0.15) is 25.7 Å². The summed E-state index contributed by atoms with van der Waals surface area (Å²) in [5.74, 6) is -0.587. The molecular formula is C10H16O5. The zero-order chi connectivity index (χ0) is 11.3. The zero-order valence-electron chi connectivity index (χ0n) is 9.02. The highest BCUT2D eigenvalue weighted by atomic mass is 16.6. The number of hydrogen-bond acceptors (Lipinski definition) is 5. The van der Waals surface area contributed by atoms with Crippen LogP contribution in [0.4, 0.5) is 0 Å². The van der Waals surface area contributed by atoms with Crippen LogP contribution >= 0.6 is 0 Å². The van der Waals surface area contributed by atoms with E-state index >= 15 is 0 Å². The summed E-state index contributed by atoms with van der Waals surface area (Å²) in [5, 5.41) is 0. The van der Waals surface area contributed by atoms with Gasteiger partial charge in [0.2, 0.25) is 0 Å². The monoisotopic (exact) mass is 216 g/mol. The second kappa shape index (κ2) is 5.70. The molecule has 2 atom stereocenters. The lowest BCUT2D eigenvalue weighted by Crippen LogP contribution is -2.22. The van der Waals surface area contributed by atoms with Crippen molar-refractivity contribution in [3.8, 4) is 0 Å². The van der Waals surface area contributed by atoms with Crippen LogP contribution in [0.5, 0.6) is 0 Å². The summed E-state index contributed by atoms with van der Waals surface area (Å²) >= 11 is 0. The van der Waals surface area contributed by atoms with E-state index in [1.54, 1.807) is 0 Å². The van der Waals surface area contributed by atoms with Crippen molar-refractivity contribution in [2.24, 2.45) is 0 Å². The van der Waals surface area contributed by atoms with Crippen LogP contribution in [-0.4, -0.2) is 38.4 Å². The summed E-state index contributed by atoms with van der Waals surface area (Å²) in [5.41, 5.74) is 0. The maximum atomic E-state index is 11.1. The SMILES string of the molecule is COC(=O)CCC1CCC(C(=O)OC)O1. The largest absolute Gasteiger partial charge is 0.469 e. The van der Waals surface area contributed by atoms with Gasteiger partial charge in [-0.2, -0.15) is 0 Å². The minimum Gasteiger partial charge on any atom is -0.469 e. The van der Waals surface area contributed by atoms with E-state index in [0.29, 0.717) is 19.3 Å². The highest BCUT2D eigenvalue weighted by Crippen LogP contribution is 2.23. The van der Waals surface area contributed by atoms with Crippen LogP contribution < -0.4 is 0 Å². The molecule has 15 heavy (non-hydrogen) atoms. The van der Waals surface area contributed by atoms with Gasteiger partial charge in [-0.15, -0.1) is 0 Å². The third-order valence-electron chi connectivity index (χ3n) is 2.47. The van der Waals surface area contributed by atoms with Crippen LogP contribution in [-0.2, 0) is 23.8 Å². The molecule has 1 saturated heterocycles. The van der Waals surface area contributed by atoms with Crippen molar-refractivity contribution in [2.75, 3.05) is 14.2 Å². The Morgan fingerprint density at radius 1 is 1.27 bits per heavy atom.